The van der Waals surface area contributed by atoms with E-state index in [-0.39, 0.29) is 23.3 Å². The Morgan fingerprint density at radius 2 is 1.75 bits per heavy atom. The first-order chi connectivity index (χ1) is 10.8. The SMILES string of the molecule is COC[C@@H]1C[C@H](O[Si](C)(C)C(C)(C)C)CCN1C(=O)OC(C)(C)C. The predicted molar refractivity (Wildman–Crippen MR) is 99.9 cm³/mol. The van der Waals surface area contributed by atoms with Crippen molar-refractivity contribution in [1.29, 1.82) is 0 Å². The first-order valence-corrected chi connectivity index (χ1v) is 11.8. The maximum Gasteiger partial charge on any atom is 0.410 e. The fraction of sp³-hybridized carbons (Fsp3) is 0.944. The third-order valence-corrected chi connectivity index (χ3v) is 9.46. The number of carbonyl (C=O) groups excluding carboxylic acids is 1. The van der Waals surface area contributed by atoms with Crippen molar-refractivity contribution in [3.63, 3.8) is 0 Å². The predicted octanol–water partition coefficient (Wildman–Crippen LogP) is 4.42. The Labute approximate surface area is 149 Å². The van der Waals surface area contributed by atoms with E-state index in [1.165, 1.54) is 0 Å². The lowest BCUT2D eigenvalue weighted by atomic mass is 10.0. The molecule has 0 aromatic rings. The number of carbonyl (C=O) groups is 1. The van der Waals surface area contributed by atoms with E-state index in [4.69, 9.17) is 13.9 Å². The molecule has 1 aliphatic rings. The van der Waals surface area contributed by atoms with Crippen molar-refractivity contribution in [2.45, 2.75) is 90.3 Å². The van der Waals surface area contributed by atoms with Crippen LogP contribution in [0.3, 0.4) is 0 Å². The third-order valence-electron chi connectivity index (χ3n) is 4.92. The number of nitrogens with zero attached hydrogens (tertiary/aromatic N) is 1. The summed E-state index contributed by atoms with van der Waals surface area (Å²) in [5.41, 5.74) is -0.483. The van der Waals surface area contributed by atoms with Crippen molar-refractivity contribution in [2.75, 3.05) is 20.3 Å². The number of piperidine rings is 1. The molecule has 0 aliphatic carbocycles. The fourth-order valence-electron chi connectivity index (χ4n) is 2.63. The Morgan fingerprint density at radius 3 is 2.21 bits per heavy atom. The Morgan fingerprint density at radius 1 is 1.17 bits per heavy atom. The van der Waals surface area contributed by atoms with Gasteiger partial charge in [-0.3, -0.25) is 0 Å². The van der Waals surface area contributed by atoms with E-state index in [9.17, 15) is 4.79 Å². The second-order valence-corrected chi connectivity index (χ2v) is 14.1. The topological polar surface area (TPSA) is 48.0 Å². The quantitative estimate of drug-likeness (QED) is 0.697. The normalized spacial score (nSPS) is 23.3. The average Bonchev–Trinajstić information content (AvgIpc) is 2.35. The highest BCUT2D eigenvalue weighted by Gasteiger charge is 2.42. The molecule has 0 aromatic heterocycles. The van der Waals surface area contributed by atoms with Crippen LogP contribution in [0, 0.1) is 0 Å². The summed E-state index contributed by atoms with van der Waals surface area (Å²) < 4.78 is 17.4. The van der Waals surface area contributed by atoms with Gasteiger partial charge >= 0.3 is 6.09 Å². The van der Waals surface area contributed by atoms with Crippen LogP contribution in [0.4, 0.5) is 4.79 Å². The van der Waals surface area contributed by atoms with E-state index in [1.807, 2.05) is 20.8 Å². The molecule has 5 nitrogen and oxygen atoms in total. The number of methoxy groups -OCH3 is 1. The van der Waals surface area contributed by atoms with Gasteiger partial charge < -0.3 is 18.8 Å². The maximum absolute atomic E-state index is 12.5. The number of rotatable bonds is 4. The number of amides is 1. The molecule has 0 unspecified atom stereocenters. The molecule has 0 spiro atoms. The molecule has 0 saturated carbocycles. The lowest BCUT2D eigenvalue weighted by Gasteiger charge is -2.44. The highest BCUT2D eigenvalue weighted by atomic mass is 28.4. The lowest BCUT2D eigenvalue weighted by Crippen LogP contribution is -2.54. The number of likely N-dealkylation sites (tertiary alicyclic amines) is 1. The van der Waals surface area contributed by atoms with Gasteiger partial charge in [0, 0.05) is 19.8 Å². The Bertz CT molecular complexity index is 426. The Kier molecular flexibility index (Phi) is 6.92. The van der Waals surface area contributed by atoms with Crippen molar-refractivity contribution < 1.29 is 18.7 Å². The minimum Gasteiger partial charge on any atom is -0.444 e. The molecule has 1 heterocycles. The minimum absolute atomic E-state index is 0.00775. The monoisotopic (exact) mass is 359 g/mol. The van der Waals surface area contributed by atoms with Gasteiger partial charge in [0.05, 0.1) is 12.6 Å². The highest BCUT2D eigenvalue weighted by molar-refractivity contribution is 6.74. The molecule has 1 rings (SSSR count). The van der Waals surface area contributed by atoms with Crippen molar-refractivity contribution in [3.8, 4) is 0 Å². The standard InChI is InChI=1S/C18H37NO4Si/c1-17(2,3)22-16(20)19-11-10-15(12-14(19)13-21-7)23-24(8,9)18(4,5)6/h14-15H,10-13H2,1-9H3/t14-,15+/m0/s1. The molecule has 142 valence electrons. The van der Waals surface area contributed by atoms with Crippen LogP contribution in [0.2, 0.25) is 18.1 Å². The zero-order valence-electron chi connectivity index (χ0n) is 17.1. The Balaban J connectivity index is 2.77. The summed E-state index contributed by atoms with van der Waals surface area (Å²) in [6.07, 6.45) is 1.59. The van der Waals surface area contributed by atoms with E-state index in [1.54, 1.807) is 12.0 Å². The van der Waals surface area contributed by atoms with Gasteiger partial charge in [0.25, 0.3) is 0 Å². The van der Waals surface area contributed by atoms with Crippen LogP contribution >= 0.6 is 0 Å². The highest BCUT2D eigenvalue weighted by Crippen LogP contribution is 2.39. The van der Waals surface area contributed by atoms with Gasteiger partial charge in [0.1, 0.15) is 5.60 Å². The van der Waals surface area contributed by atoms with Gasteiger partial charge in [-0.2, -0.15) is 0 Å². The molecule has 1 amide bonds. The van der Waals surface area contributed by atoms with Gasteiger partial charge in [-0.05, 0) is 51.7 Å². The smallest absolute Gasteiger partial charge is 0.410 e. The van der Waals surface area contributed by atoms with Crippen LogP contribution in [0.15, 0.2) is 0 Å². The summed E-state index contributed by atoms with van der Waals surface area (Å²) in [4.78, 5) is 14.3. The average molecular weight is 360 g/mol. The summed E-state index contributed by atoms with van der Waals surface area (Å²) in [6, 6.07) is 0.00775. The van der Waals surface area contributed by atoms with Gasteiger partial charge in [-0.1, -0.05) is 20.8 Å². The largest absolute Gasteiger partial charge is 0.444 e. The summed E-state index contributed by atoms with van der Waals surface area (Å²) in [7, 11) is -0.136. The van der Waals surface area contributed by atoms with Crippen LogP contribution in [-0.4, -0.2) is 57.3 Å². The minimum atomic E-state index is -1.81. The summed E-state index contributed by atoms with van der Waals surface area (Å²) in [6.45, 7) is 18.2. The van der Waals surface area contributed by atoms with E-state index < -0.39 is 13.9 Å². The zero-order valence-corrected chi connectivity index (χ0v) is 18.1. The second-order valence-electron chi connectivity index (χ2n) is 9.31. The molecule has 1 aliphatic heterocycles. The molecule has 0 aromatic carbocycles. The molecule has 6 heteroatoms. The molecule has 24 heavy (non-hydrogen) atoms. The zero-order chi connectivity index (χ0) is 18.8. The maximum atomic E-state index is 12.5. The summed E-state index contributed by atoms with van der Waals surface area (Å²) >= 11 is 0. The van der Waals surface area contributed by atoms with Gasteiger partial charge in [0.15, 0.2) is 8.32 Å². The molecule has 1 saturated heterocycles. The number of ether oxygens (including phenoxy) is 2. The van der Waals surface area contributed by atoms with E-state index in [2.05, 4.69) is 33.9 Å². The van der Waals surface area contributed by atoms with Crippen molar-refractivity contribution in [2.24, 2.45) is 0 Å². The van der Waals surface area contributed by atoms with E-state index in [0.29, 0.717) is 13.2 Å². The van der Waals surface area contributed by atoms with E-state index >= 15 is 0 Å². The van der Waals surface area contributed by atoms with Crippen LogP contribution in [0.5, 0.6) is 0 Å². The first-order valence-electron chi connectivity index (χ1n) is 8.93. The molecule has 1 fully saturated rings. The van der Waals surface area contributed by atoms with Crippen LogP contribution < -0.4 is 0 Å². The molecule has 0 N–H and O–H groups in total. The second kappa shape index (κ2) is 7.75. The summed E-state index contributed by atoms with van der Waals surface area (Å²) in [5, 5.41) is 0.187. The number of hydrogen-bond acceptors (Lipinski definition) is 4. The van der Waals surface area contributed by atoms with Crippen LogP contribution in [-0.2, 0) is 13.9 Å². The van der Waals surface area contributed by atoms with Gasteiger partial charge in [-0.15, -0.1) is 0 Å². The van der Waals surface area contributed by atoms with Gasteiger partial charge in [0.2, 0.25) is 0 Å². The van der Waals surface area contributed by atoms with Crippen LogP contribution in [0.1, 0.15) is 54.4 Å². The molecule has 2 atom stereocenters. The Hall–Kier alpha value is -0.593. The fourth-order valence-corrected chi connectivity index (χ4v) is 4.03. The van der Waals surface area contributed by atoms with Crippen molar-refractivity contribution in [1.82, 2.24) is 4.90 Å². The van der Waals surface area contributed by atoms with E-state index in [0.717, 1.165) is 12.8 Å². The van der Waals surface area contributed by atoms with Crippen LogP contribution in [0.25, 0.3) is 0 Å². The molecular weight excluding hydrogens is 322 g/mol. The third kappa shape index (κ3) is 6.04. The summed E-state index contributed by atoms with van der Waals surface area (Å²) in [5.74, 6) is 0. The van der Waals surface area contributed by atoms with Crippen molar-refractivity contribution >= 4 is 14.4 Å². The molecule has 0 bridgehead atoms. The first kappa shape index (κ1) is 21.4. The van der Waals surface area contributed by atoms with Crippen molar-refractivity contribution in [3.05, 3.63) is 0 Å². The molecular formula is C18H37NO4Si. The number of hydrogen-bond donors (Lipinski definition) is 0. The lowest BCUT2D eigenvalue weighted by molar-refractivity contribution is -0.0209. The van der Waals surface area contributed by atoms with Gasteiger partial charge in [-0.25, -0.2) is 4.79 Å². The molecule has 0 radical (unpaired) electrons.